The van der Waals surface area contributed by atoms with Gasteiger partial charge in [-0.25, -0.2) is 8.42 Å². The molecule has 0 saturated heterocycles. The van der Waals surface area contributed by atoms with E-state index in [1.54, 1.807) is 39.0 Å². The van der Waals surface area contributed by atoms with Crippen LogP contribution in [0.3, 0.4) is 0 Å². The monoisotopic (exact) mass is 252 g/mol. The van der Waals surface area contributed by atoms with E-state index in [1.807, 2.05) is 6.07 Å². The predicted molar refractivity (Wildman–Crippen MR) is 67.3 cm³/mol. The maximum absolute atomic E-state index is 12.0. The van der Waals surface area contributed by atoms with Crippen LogP contribution in [0.4, 0.5) is 0 Å². The van der Waals surface area contributed by atoms with E-state index in [2.05, 4.69) is 0 Å². The molecule has 17 heavy (non-hydrogen) atoms. The van der Waals surface area contributed by atoms with Gasteiger partial charge in [0.2, 0.25) is 9.84 Å². The molecule has 0 amide bonds. The quantitative estimate of drug-likeness (QED) is 0.877. The lowest BCUT2D eigenvalue weighted by atomic mass is 9.95. The summed E-state index contributed by atoms with van der Waals surface area (Å²) in [5.74, 6) is 0. The molecule has 0 aliphatic carbocycles. The summed E-state index contributed by atoms with van der Waals surface area (Å²) in [4.78, 5) is 0.729. The molecule has 2 rings (SSSR count). The van der Waals surface area contributed by atoms with Crippen LogP contribution < -0.4 is 0 Å². The normalized spacial score (nSPS) is 17.8. The van der Waals surface area contributed by atoms with Gasteiger partial charge in [0, 0.05) is 11.3 Å². The minimum Gasteiger partial charge on any atom is -0.390 e. The highest BCUT2D eigenvalue weighted by molar-refractivity contribution is 7.95. The molecular formula is C13H16O3S. The summed E-state index contributed by atoms with van der Waals surface area (Å²) >= 11 is 0. The van der Waals surface area contributed by atoms with Gasteiger partial charge in [-0.2, -0.15) is 0 Å². The smallest absolute Gasteiger partial charge is 0.203 e. The highest BCUT2D eigenvalue weighted by Gasteiger charge is 2.29. The van der Waals surface area contributed by atoms with Crippen molar-refractivity contribution in [1.29, 1.82) is 0 Å². The predicted octanol–water partition coefficient (Wildman–Crippen LogP) is 2.15. The lowest BCUT2D eigenvalue weighted by Crippen LogP contribution is -2.22. The van der Waals surface area contributed by atoms with Crippen molar-refractivity contribution in [2.75, 3.05) is 0 Å². The maximum atomic E-state index is 12.0. The summed E-state index contributed by atoms with van der Waals surface area (Å²) in [6.07, 6.45) is 2.13. The van der Waals surface area contributed by atoms with Crippen LogP contribution >= 0.6 is 0 Å². The Bertz CT molecular complexity index is 590. The van der Waals surface area contributed by atoms with Crippen molar-refractivity contribution >= 4 is 15.9 Å². The number of allylic oxidation sites excluding steroid dienone is 1. The first kappa shape index (κ1) is 12.3. The Morgan fingerprint density at radius 2 is 1.94 bits per heavy atom. The van der Waals surface area contributed by atoms with Crippen molar-refractivity contribution in [2.45, 2.75) is 37.7 Å². The third kappa shape index (κ3) is 2.15. The third-order valence-corrected chi connectivity index (χ3v) is 4.74. The fraction of sp³-hybridized carbons (Fsp3) is 0.385. The number of aliphatic hydroxyl groups is 1. The van der Waals surface area contributed by atoms with E-state index in [4.69, 9.17) is 0 Å². The van der Waals surface area contributed by atoms with Crippen LogP contribution in [0.2, 0.25) is 0 Å². The summed E-state index contributed by atoms with van der Waals surface area (Å²) in [6, 6.07) is 5.21. The Morgan fingerprint density at radius 1 is 1.29 bits per heavy atom. The Labute approximate surface area is 102 Å². The highest BCUT2D eigenvalue weighted by atomic mass is 32.2. The Morgan fingerprint density at radius 3 is 2.53 bits per heavy atom. The number of sulfone groups is 1. The average molecular weight is 252 g/mol. The molecule has 0 fully saturated rings. The SMILES string of the molecule is CC1=Cc2c(CC(C)(C)O)cccc2S1(=O)=O. The van der Waals surface area contributed by atoms with Crippen molar-refractivity contribution in [3.05, 3.63) is 34.2 Å². The largest absolute Gasteiger partial charge is 0.390 e. The highest BCUT2D eigenvalue weighted by Crippen LogP contribution is 2.35. The van der Waals surface area contributed by atoms with Crippen LogP contribution in [-0.4, -0.2) is 19.1 Å². The van der Waals surface area contributed by atoms with Crippen LogP contribution in [0.1, 0.15) is 31.9 Å². The average Bonchev–Trinajstić information content (AvgIpc) is 2.39. The second-order valence-electron chi connectivity index (χ2n) is 5.08. The molecule has 3 nitrogen and oxygen atoms in total. The molecule has 92 valence electrons. The zero-order chi connectivity index (χ0) is 12.8. The standard InChI is InChI=1S/C13H16O3S/c1-9-7-11-10(8-13(2,3)14)5-4-6-12(11)17(9,15)16/h4-7,14H,8H2,1-3H3. The number of benzene rings is 1. The zero-order valence-electron chi connectivity index (χ0n) is 10.2. The second kappa shape index (κ2) is 3.68. The van der Waals surface area contributed by atoms with Gasteiger partial charge in [0.15, 0.2) is 0 Å². The van der Waals surface area contributed by atoms with Gasteiger partial charge in [0.1, 0.15) is 0 Å². The van der Waals surface area contributed by atoms with Gasteiger partial charge in [-0.1, -0.05) is 12.1 Å². The van der Waals surface area contributed by atoms with E-state index in [9.17, 15) is 13.5 Å². The summed E-state index contributed by atoms with van der Waals surface area (Å²) < 4.78 is 23.9. The van der Waals surface area contributed by atoms with E-state index in [1.165, 1.54) is 0 Å². The zero-order valence-corrected chi connectivity index (χ0v) is 11.0. The molecule has 0 radical (unpaired) electrons. The van der Waals surface area contributed by atoms with E-state index >= 15 is 0 Å². The van der Waals surface area contributed by atoms with Gasteiger partial charge < -0.3 is 5.11 Å². The number of rotatable bonds is 2. The summed E-state index contributed by atoms with van der Waals surface area (Å²) in [5.41, 5.74) is 0.756. The first-order chi connectivity index (χ1) is 7.72. The van der Waals surface area contributed by atoms with Crippen molar-refractivity contribution in [1.82, 2.24) is 0 Å². The summed E-state index contributed by atoms with van der Waals surface area (Å²) in [6.45, 7) is 5.03. The molecule has 1 aromatic carbocycles. The third-order valence-electron chi connectivity index (χ3n) is 2.84. The molecule has 1 aliphatic rings. The van der Waals surface area contributed by atoms with Crippen LogP contribution in [0.15, 0.2) is 28.0 Å². The first-order valence-electron chi connectivity index (χ1n) is 5.49. The molecule has 0 aromatic heterocycles. The van der Waals surface area contributed by atoms with E-state index in [-0.39, 0.29) is 0 Å². The Balaban J connectivity index is 2.59. The molecule has 4 heteroatoms. The van der Waals surface area contributed by atoms with E-state index < -0.39 is 15.4 Å². The lowest BCUT2D eigenvalue weighted by molar-refractivity contribution is 0.0809. The topological polar surface area (TPSA) is 54.4 Å². The molecule has 1 aromatic rings. The summed E-state index contributed by atoms with van der Waals surface area (Å²) in [7, 11) is -3.28. The van der Waals surface area contributed by atoms with Crippen LogP contribution in [0.5, 0.6) is 0 Å². The minimum absolute atomic E-state index is 0.358. The summed E-state index contributed by atoms with van der Waals surface area (Å²) in [5, 5.41) is 9.83. The number of fused-ring (bicyclic) bond motifs is 1. The Kier molecular flexibility index (Phi) is 2.67. The molecule has 0 unspecified atom stereocenters. The molecule has 1 N–H and O–H groups in total. The molecular weight excluding hydrogens is 236 g/mol. The van der Waals surface area contributed by atoms with Gasteiger partial charge in [-0.05, 0) is 44.0 Å². The molecule has 0 spiro atoms. The van der Waals surface area contributed by atoms with Crippen molar-refractivity contribution in [3.63, 3.8) is 0 Å². The van der Waals surface area contributed by atoms with Crippen molar-refractivity contribution in [3.8, 4) is 0 Å². The van der Waals surface area contributed by atoms with Gasteiger partial charge >= 0.3 is 0 Å². The molecule has 1 aliphatic heterocycles. The molecule has 0 atom stereocenters. The molecule has 1 heterocycles. The van der Waals surface area contributed by atoms with Crippen LogP contribution in [-0.2, 0) is 16.3 Å². The van der Waals surface area contributed by atoms with Crippen molar-refractivity contribution in [2.24, 2.45) is 0 Å². The van der Waals surface area contributed by atoms with Crippen molar-refractivity contribution < 1.29 is 13.5 Å². The molecule has 0 bridgehead atoms. The van der Waals surface area contributed by atoms with Gasteiger partial charge in [0.25, 0.3) is 0 Å². The lowest BCUT2D eigenvalue weighted by Gasteiger charge is -2.18. The van der Waals surface area contributed by atoms with Gasteiger partial charge in [0.05, 0.1) is 10.5 Å². The number of hydrogen-bond acceptors (Lipinski definition) is 3. The maximum Gasteiger partial charge on any atom is 0.203 e. The number of hydrogen-bond donors (Lipinski definition) is 1. The fourth-order valence-corrected chi connectivity index (χ4v) is 3.42. The van der Waals surface area contributed by atoms with Gasteiger partial charge in [-0.3, -0.25) is 0 Å². The molecule has 0 saturated carbocycles. The van der Waals surface area contributed by atoms with Crippen LogP contribution in [0, 0.1) is 0 Å². The fourth-order valence-electron chi connectivity index (χ4n) is 2.06. The van der Waals surface area contributed by atoms with E-state index in [0.717, 1.165) is 11.1 Å². The van der Waals surface area contributed by atoms with E-state index in [0.29, 0.717) is 16.2 Å². The second-order valence-corrected chi connectivity index (χ2v) is 7.17. The Hall–Kier alpha value is -1.13. The van der Waals surface area contributed by atoms with Gasteiger partial charge in [-0.15, -0.1) is 0 Å². The van der Waals surface area contributed by atoms with Crippen LogP contribution in [0.25, 0.3) is 6.08 Å². The minimum atomic E-state index is -3.28. The first-order valence-corrected chi connectivity index (χ1v) is 6.98.